The van der Waals surface area contributed by atoms with Gasteiger partial charge < -0.3 is 0 Å². The highest BCUT2D eigenvalue weighted by Crippen LogP contribution is 2.28. The van der Waals surface area contributed by atoms with E-state index in [2.05, 4.69) is 4.98 Å². The van der Waals surface area contributed by atoms with E-state index in [4.69, 9.17) is 11.6 Å². The first kappa shape index (κ1) is 11.7. The molecule has 7 heteroatoms. The third-order valence-electron chi connectivity index (χ3n) is 1.38. The van der Waals surface area contributed by atoms with E-state index in [1.807, 2.05) is 0 Å². The summed E-state index contributed by atoms with van der Waals surface area (Å²) in [6.45, 7) is 0. The van der Waals surface area contributed by atoms with Gasteiger partial charge in [0.15, 0.2) is 0 Å². The first-order valence-electron chi connectivity index (χ1n) is 3.27. The third-order valence-corrected chi connectivity index (χ3v) is 2.45. The van der Waals surface area contributed by atoms with Gasteiger partial charge in [-0.25, -0.2) is 13.8 Å². The Kier molecular flexibility index (Phi) is 3.71. The van der Waals surface area contributed by atoms with Gasteiger partial charge in [0, 0.05) is 9.64 Å². The Morgan fingerprint density at radius 1 is 1.57 bits per heavy atom. The number of aromatic nitrogens is 1. The summed E-state index contributed by atoms with van der Waals surface area (Å²) in [5, 5.41) is -1.20. The van der Waals surface area contributed by atoms with Gasteiger partial charge in [0.1, 0.15) is 5.69 Å². The van der Waals surface area contributed by atoms with E-state index in [0.717, 1.165) is 6.07 Å². The van der Waals surface area contributed by atoms with Crippen molar-refractivity contribution < 1.29 is 18.0 Å². The highest BCUT2D eigenvalue weighted by Gasteiger charge is 2.23. The molecule has 0 spiro atoms. The van der Waals surface area contributed by atoms with E-state index in [9.17, 15) is 18.0 Å². The molecule has 14 heavy (non-hydrogen) atoms. The normalized spacial score (nSPS) is 10.7. The summed E-state index contributed by atoms with van der Waals surface area (Å²) in [4.78, 5) is 13.7. The van der Waals surface area contributed by atoms with Crippen LogP contribution in [0.2, 0.25) is 0 Å². The standard InChI is InChI=1S/C7H2ClF3INO/c8-6(14)5-4(7(10)11)2(12)1-3(9)13-5/h1,7H. The van der Waals surface area contributed by atoms with Crippen LogP contribution < -0.4 is 0 Å². The summed E-state index contributed by atoms with van der Waals surface area (Å²) >= 11 is 6.48. The van der Waals surface area contributed by atoms with Gasteiger partial charge in [0.2, 0.25) is 5.95 Å². The van der Waals surface area contributed by atoms with Crippen LogP contribution in [0.4, 0.5) is 13.2 Å². The lowest BCUT2D eigenvalue weighted by Crippen LogP contribution is -2.06. The molecule has 0 radical (unpaired) electrons. The highest BCUT2D eigenvalue weighted by molar-refractivity contribution is 14.1. The molecule has 1 rings (SSSR count). The largest absolute Gasteiger partial charge is 0.274 e. The Bertz CT molecular complexity index is 385. The van der Waals surface area contributed by atoms with Crippen LogP contribution >= 0.6 is 34.2 Å². The molecule has 0 atom stereocenters. The quantitative estimate of drug-likeness (QED) is 0.472. The van der Waals surface area contributed by atoms with Crippen molar-refractivity contribution in [3.05, 3.63) is 26.8 Å². The Morgan fingerprint density at radius 3 is 2.57 bits per heavy atom. The third kappa shape index (κ3) is 2.35. The maximum absolute atomic E-state index is 12.7. The number of halogens is 5. The molecule has 0 aliphatic heterocycles. The van der Waals surface area contributed by atoms with Crippen molar-refractivity contribution in [3.63, 3.8) is 0 Å². The molecule has 0 aromatic carbocycles. The number of pyridine rings is 1. The van der Waals surface area contributed by atoms with Crippen molar-refractivity contribution in [2.45, 2.75) is 6.43 Å². The summed E-state index contributed by atoms with van der Waals surface area (Å²) in [5.74, 6) is -1.01. The van der Waals surface area contributed by atoms with E-state index in [1.165, 1.54) is 22.6 Å². The zero-order chi connectivity index (χ0) is 10.9. The minimum absolute atomic E-state index is 0.0749. The number of nitrogens with zero attached hydrogens (tertiary/aromatic N) is 1. The predicted octanol–water partition coefficient (Wildman–Crippen LogP) is 3.14. The average Bonchev–Trinajstić information content (AvgIpc) is 2.01. The summed E-state index contributed by atoms with van der Waals surface area (Å²) in [6, 6.07) is 0.811. The van der Waals surface area contributed by atoms with Crippen molar-refractivity contribution in [2.75, 3.05) is 0 Å². The van der Waals surface area contributed by atoms with E-state index >= 15 is 0 Å². The van der Waals surface area contributed by atoms with Crippen molar-refractivity contribution in [1.29, 1.82) is 0 Å². The summed E-state index contributed by atoms with van der Waals surface area (Å²) in [6.07, 6.45) is -2.91. The summed E-state index contributed by atoms with van der Waals surface area (Å²) in [5.41, 5.74) is -1.36. The van der Waals surface area contributed by atoms with Gasteiger partial charge in [-0.15, -0.1) is 0 Å². The fourth-order valence-corrected chi connectivity index (χ4v) is 1.74. The Morgan fingerprint density at radius 2 is 2.14 bits per heavy atom. The monoisotopic (exact) mass is 335 g/mol. The minimum atomic E-state index is -2.91. The van der Waals surface area contributed by atoms with E-state index in [0.29, 0.717) is 0 Å². The Hall–Kier alpha value is -0.370. The molecule has 0 N–H and O–H groups in total. The fraction of sp³-hybridized carbons (Fsp3) is 0.143. The van der Waals surface area contributed by atoms with Crippen molar-refractivity contribution in [2.24, 2.45) is 0 Å². The highest BCUT2D eigenvalue weighted by atomic mass is 127. The molecule has 0 amide bonds. The second-order valence-corrected chi connectivity index (χ2v) is 3.77. The second-order valence-electron chi connectivity index (χ2n) is 2.26. The zero-order valence-corrected chi connectivity index (χ0v) is 9.31. The molecular formula is C7H2ClF3INO. The molecule has 0 aliphatic rings. The lowest BCUT2D eigenvalue weighted by Gasteiger charge is -2.06. The molecule has 2 nitrogen and oxygen atoms in total. The molecule has 0 saturated carbocycles. The smallest absolute Gasteiger partial charge is 0.271 e. The SMILES string of the molecule is O=C(Cl)c1nc(F)cc(I)c1C(F)F. The molecule has 0 fully saturated rings. The van der Waals surface area contributed by atoms with E-state index in [1.54, 1.807) is 0 Å². The average molecular weight is 335 g/mol. The van der Waals surface area contributed by atoms with Gasteiger partial charge in [0.05, 0.1) is 5.56 Å². The van der Waals surface area contributed by atoms with Gasteiger partial charge in [0.25, 0.3) is 11.7 Å². The lowest BCUT2D eigenvalue weighted by atomic mass is 10.2. The molecule has 1 aromatic heterocycles. The van der Waals surface area contributed by atoms with Gasteiger partial charge in [-0.05, 0) is 34.2 Å². The van der Waals surface area contributed by atoms with Crippen LogP contribution in [0, 0.1) is 9.52 Å². The van der Waals surface area contributed by atoms with Gasteiger partial charge in [-0.3, -0.25) is 4.79 Å². The molecule has 76 valence electrons. The van der Waals surface area contributed by atoms with Crippen LogP contribution in [0.1, 0.15) is 22.5 Å². The molecule has 0 unspecified atom stereocenters. The maximum Gasteiger partial charge on any atom is 0.271 e. The van der Waals surface area contributed by atoms with Gasteiger partial charge in [-0.1, -0.05) is 0 Å². The molecule has 1 heterocycles. The molecular weight excluding hydrogens is 333 g/mol. The number of hydrogen-bond acceptors (Lipinski definition) is 2. The number of hydrogen-bond donors (Lipinski definition) is 0. The van der Waals surface area contributed by atoms with Crippen LogP contribution in [0.5, 0.6) is 0 Å². The topological polar surface area (TPSA) is 30.0 Å². The van der Waals surface area contributed by atoms with Gasteiger partial charge in [-0.2, -0.15) is 4.39 Å². The maximum atomic E-state index is 12.7. The summed E-state index contributed by atoms with van der Waals surface area (Å²) < 4.78 is 37.4. The molecule has 0 aliphatic carbocycles. The second kappa shape index (κ2) is 4.43. The minimum Gasteiger partial charge on any atom is -0.274 e. The zero-order valence-electron chi connectivity index (χ0n) is 6.40. The van der Waals surface area contributed by atoms with Crippen LogP contribution in [0.15, 0.2) is 6.07 Å². The first-order valence-corrected chi connectivity index (χ1v) is 4.73. The van der Waals surface area contributed by atoms with E-state index in [-0.39, 0.29) is 3.57 Å². The summed E-state index contributed by atoms with van der Waals surface area (Å²) in [7, 11) is 0. The number of alkyl halides is 2. The first-order chi connectivity index (χ1) is 6.43. The van der Waals surface area contributed by atoms with Gasteiger partial charge >= 0.3 is 0 Å². The molecule has 0 saturated heterocycles. The van der Waals surface area contributed by atoms with Crippen LogP contribution in [-0.2, 0) is 0 Å². The Balaban J connectivity index is 3.44. The van der Waals surface area contributed by atoms with Crippen LogP contribution in [0.25, 0.3) is 0 Å². The van der Waals surface area contributed by atoms with E-state index < -0.39 is 28.9 Å². The van der Waals surface area contributed by atoms with Crippen LogP contribution in [-0.4, -0.2) is 10.2 Å². The van der Waals surface area contributed by atoms with Crippen molar-refractivity contribution in [1.82, 2.24) is 4.98 Å². The number of rotatable bonds is 2. The number of carbonyl (C=O) groups excluding carboxylic acids is 1. The van der Waals surface area contributed by atoms with Crippen LogP contribution in [0.3, 0.4) is 0 Å². The predicted molar refractivity (Wildman–Crippen MR) is 52.1 cm³/mol. The number of carbonyl (C=O) groups is 1. The van der Waals surface area contributed by atoms with Crippen molar-refractivity contribution in [3.8, 4) is 0 Å². The van der Waals surface area contributed by atoms with Crippen molar-refractivity contribution >= 4 is 39.4 Å². The molecule has 0 bridgehead atoms. The Labute approximate surface area is 95.6 Å². The molecule has 1 aromatic rings. The lowest BCUT2D eigenvalue weighted by molar-refractivity contribution is 0.105. The fourth-order valence-electron chi connectivity index (χ4n) is 0.852.